The van der Waals surface area contributed by atoms with Crippen LogP contribution in [0.25, 0.3) is 0 Å². The molecule has 100 valence electrons. The smallest absolute Gasteiger partial charge is 0.212 e. The molecule has 5 heteroatoms. The van der Waals surface area contributed by atoms with Crippen LogP contribution in [-0.4, -0.2) is 11.9 Å². The highest BCUT2D eigenvalue weighted by molar-refractivity contribution is 9.10. The van der Waals surface area contributed by atoms with Crippen molar-refractivity contribution in [3.05, 3.63) is 49.6 Å². The van der Waals surface area contributed by atoms with Crippen molar-refractivity contribution in [3.63, 3.8) is 0 Å². The molecule has 0 aliphatic heterocycles. The lowest BCUT2D eigenvalue weighted by atomic mass is 10.2. The van der Waals surface area contributed by atoms with Crippen LogP contribution in [0.4, 0.5) is 0 Å². The number of ketones is 1. The van der Waals surface area contributed by atoms with Crippen LogP contribution < -0.4 is 4.74 Å². The zero-order valence-electron chi connectivity index (χ0n) is 10.4. The highest BCUT2D eigenvalue weighted by Crippen LogP contribution is 2.26. The van der Waals surface area contributed by atoms with Gasteiger partial charge in [-0.3, -0.25) is 4.79 Å². The summed E-state index contributed by atoms with van der Waals surface area (Å²) in [7, 11) is 0. The van der Waals surface area contributed by atoms with Crippen molar-refractivity contribution in [2.24, 2.45) is 0 Å². The number of ether oxygens (including phenoxy) is 1. The fourth-order valence-electron chi connectivity index (χ4n) is 1.59. The van der Waals surface area contributed by atoms with Gasteiger partial charge in [0.25, 0.3) is 0 Å². The third kappa shape index (κ3) is 3.59. The molecular weight excluding hydrogens is 348 g/mol. The average Bonchev–Trinajstić information content (AvgIpc) is 2.79. The lowest BCUT2D eigenvalue weighted by Gasteiger charge is -2.15. The predicted octanol–water partition coefficient (Wildman–Crippen LogP) is 5.12. The number of halogens is 2. The van der Waals surface area contributed by atoms with Crippen LogP contribution in [0.2, 0.25) is 4.34 Å². The standard InChI is InChI=1S/C14H12BrClO2S/c1-8-3-4-10(15)7-11(8)18-9(2)14(17)12-5-6-13(16)19-12/h3-7,9H,1-2H3. The number of Topliss-reactive ketones (excluding diaryl/α,β-unsaturated/α-hetero) is 1. The molecule has 0 spiro atoms. The molecule has 0 amide bonds. The van der Waals surface area contributed by atoms with E-state index in [-0.39, 0.29) is 5.78 Å². The number of carbonyl (C=O) groups is 1. The molecular formula is C14H12BrClO2S. The Balaban J connectivity index is 2.14. The van der Waals surface area contributed by atoms with Crippen molar-refractivity contribution in [2.45, 2.75) is 20.0 Å². The number of hydrogen-bond acceptors (Lipinski definition) is 3. The first-order valence-electron chi connectivity index (χ1n) is 5.69. The molecule has 0 aliphatic rings. The van der Waals surface area contributed by atoms with Gasteiger partial charge in [0.05, 0.1) is 9.21 Å². The van der Waals surface area contributed by atoms with E-state index in [0.717, 1.165) is 10.0 Å². The normalized spacial score (nSPS) is 12.2. The molecule has 0 saturated carbocycles. The van der Waals surface area contributed by atoms with Crippen LogP contribution in [0.1, 0.15) is 22.2 Å². The van der Waals surface area contributed by atoms with Crippen LogP contribution in [0, 0.1) is 6.92 Å². The van der Waals surface area contributed by atoms with Gasteiger partial charge in [0.15, 0.2) is 6.10 Å². The minimum Gasteiger partial charge on any atom is -0.482 e. The Morgan fingerprint density at radius 3 is 2.74 bits per heavy atom. The summed E-state index contributed by atoms with van der Waals surface area (Å²) >= 11 is 10.5. The molecule has 19 heavy (non-hydrogen) atoms. The summed E-state index contributed by atoms with van der Waals surface area (Å²) in [5.41, 5.74) is 0.993. The molecule has 0 fully saturated rings. The van der Waals surface area contributed by atoms with Crippen LogP contribution in [0.15, 0.2) is 34.8 Å². The molecule has 1 unspecified atom stereocenters. The van der Waals surface area contributed by atoms with Gasteiger partial charge in [-0.2, -0.15) is 0 Å². The first-order chi connectivity index (χ1) is 8.97. The van der Waals surface area contributed by atoms with Crippen LogP contribution in [0.3, 0.4) is 0 Å². The van der Waals surface area contributed by atoms with Gasteiger partial charge in [-0.15, -0.1) is 11.3 Å². The van der Waals surface area contributed by atoms with Crippen LogP contribution >= 0.6 is 38.9 Å². The Hall–Kier alpha value is -0.840. The van der Waals surface area contributed by atoms with Gasteiger partial charge < -0.3 is 4.74 Å². The molecule has 1 heterocycles. The highest BCUT2D eigenvalue weighted by Gasteiger charge is 2.19. The predicted molar refractivity (Wildman–Crippen MR) is 82.6 cm³/mol. The Labute approximate surface area is 129 Å². The maximum absolute atomic E-state index is 12.2. The maximum Gasteiger partial charge on any atom is 0.212 e. The molecule has 1 atom stereocenters. The lowest BCUT2D eigenvalue weighted by Crippen LogP contribution is -2.23. The Bertz CT molecular complexity index is 609. The maximum atomic E-state index is 12.2. The van der Waals surface area contributed by atoms with E-state index in [9.17, 15) is 4.79 Å². The third-order valence-electron chi connectivity index (χ3n) is 2.64. The summed E-state index contributed by atoms with van der Waals surface area (Å²) in [6, 6.07) is 9.19. The van der Waals surface area contributed by atoms with E-state index < -0.39 is 6.10 Å². The monoisotopic (exact) mass is 358 g/mol. The second-order valence-corrected chi connectivity index (χ2v) is 6.77. The van der Waals surface area contributed by atoms with Gasteiger partial charge in [-0.05, 0) is 43.7 Å². The zero-order chi connectivity index (χ0) is 14.0. The van der Waals surface area contributed by atoms with Crippen LogP contribution in [0.5, 0.6) is 5.75 Å². The number of hydrogen-bond donors (Lipinski definition) is 0. The van der Waals surface area contributed by atoms with Gasteiger partial charge in [-0.1, -0.05) is 33.6 Å². The molecule has 1 aromatic carbocycles. The van der Waals surface area contributed by atoms with Gasteiger partial charge >= 0.3 is 0 Å². The topological polar surface area (TPSA) is 26.3 Å². The van der Waals surface area contributed by atoms with Crippen LogP contribution in [-0.2, 0) is 0 Å². The first kappa shape index (κ1) is 14.6. The molecule has 0 saturated heterocycles. The Morgan fingerprint density at radius 2 is 2.11 bits per heavy atom. The number of carbonyl (C=O) groups excluding carboxylic acids is 1. The Kier molecular flexibility index (Phi) is 4.66. The number of aryl methyl sites for hydroxylation is 1. The van der Waals surface area contributed by atoms with E-state index in [1.54, 1.807) is 19.1 Å². The fourth-order valence-corrected chi connectivity index (χ4v) is 2.99. The van der Waals surface area contributed by atoms with Crippen molar-refractivity contribution in [3.8, 4) is 5.75 Å². The van der Waals surface area contributed by atoms with Crippen molar-refractivity contribution in [1.82, 2.24) is 0 Å². The SMILES string of the molecule is Cc1ccc(Br)cc1OC(C)C(=O)c1ccc(Cl)s1. The van der Waals surface area contributed by atoms with Crippen molar-refractivity contribution in [1.29, 1.82) is 0 Å². The Morgan fingerprint density at radius 1 is 1.37 bits per heavy atom. The summed E-state index contributed by atoms with van der Waals surface area (Å²) in [5.74, 6) is 0.647. The summed E-state index contributed by atoms with van der Waals surface area (Å²) in [6.07, 6.45) is -0.539. The van der Waals surface area contributed by atoms with E-state index in [1.807, 2.05) is 25.1 Å². The molecule has 2 rings (SSSR count). The molecule has 0 N–H and O–H groups in total. The largest absolute Gasteiger partial charge is 0.482 e. The lowest BCUT2D eigenvalue weighted by molar-refractivity contribution is 0.0821. The minimum absolute atomic E-state index is 0.0590. The van der Waals surface area contributed by atoms with E-state index >= 15 is 0 Å². The van der Waals surface area contributed by atoms with Crippen molar-refractivity contribution >= 4 is 44.7 Å². The van der Waals surface area contributed by atoms with Gasteiger partial charge in [0, 0.05) is 4.47 Å². The zero-order valence-corrected chi connectivity index (χ0v) is 13.6. The first-order valence-corrected chi connectivity index (χ1v) is 7.68. The minimum atomic E-state index is -0.539. The van der Waals surface area contributed by atoms with Crippen molar-refractivity contribution < 1.29 is 9.53 Å². The summed E-state index contributed by atoms with van der Waals surface area (Å²) in [6.45, 7) is 3.69. The summed E-state index contributed by atoms with van der Waals surface area (Å²) in [4.78, 5) is 12.8. The third-order valence-corrected chi connectivity index (χ3v) is 4.38. The number of thiophene rings is 1. The molecule has 1 aromatic heterocycles. The van der Waals surface area contributed by atoms with Crippen molar-refractivity contribution in [2.75, 3.05) is 0 Å². The molecule has 0 radical (unpaired) electrons. The number of rotatable bonds is 4. The summed E-state index contributed by atoms with van der Waals surface area (Å²) in [5, 5.41) is 0. The second-order valence-electron chi connectivity index (χ2n) is 4.14. The summed E-state index contributed by atoms with van der Waals surface area (Å²) < 4.78 is 7.26. The van der Waals surface area contributed by atoms with E-state index in [0.29, 0.717) is 15.0 Å². The highest BCUT2D eigenvalue weighted by atomic mass is 79.9. The average molecular weight is 360 g/mol. The molecule has 2 aromatic rings. The van der Waals surface area contributed by atoms with Gasteiger partial charge in [0.2, 0.25) is 5.78 Å². The quantitative estimate of drug-likeness (QED) is 0.708. The molecule has 0 bridgehead atoms. The number of benzene rings is 1. The molecule has 0 aliphatic carbocycles. The van der Waals surface area contributed by atoms with Gasteiger partial charge in [-0.25, -0.2) is 0 Å². The second kappa shape index (κ2) is 6.07. The van der Waals surface area contributed by atoms with E-state index in [4.69, 9.17) is 16.3 Å². The van der Waals surface area contributed by atoms with E-state index in [1.165, 1.54) is 11.3 Å². The van der Waals surface area contributed by atoms with E-state index in [2.05, 4.69) is 15.9 Å². The van der Waals surface area contributed by atoms with Gasteiger partial charge in [0.1, 0.15) is 5.75 Å². The fraction of sp³-hybridized carbons (Fsp3) is 0.214. The molecule has 2 nitrogen and oxygen atoms in total.